The van der Waals surface area contributed by atoms with Crippen molar-refractivity contribution in [2.75, 3.05) is 6.61 Å². The Morgan fingerprint density at radius 1 is 1.50 bits per heavy atom. The van der Waals surface area contributed by atoms with Gasteiger partial charge in [0.15, 0.2) is 0 Å². The molecule has 18 heavy (non-hydrogen) atoms. The maximum atomic E-state index is 13.3. The predicted molar refractivity (Wildman–Crippen MR) is 58.8 cm³/mol. The van der Waals surface area contributed by atoms with Gasteiger partial charge in [-0.05, 0) is 18.6 Å². The molecule has 0 aliphatic carbocycles. The number of carbonyl (C=O) groups is 1. The van der Waals surface area contributed by atoms with Gasteiger partial charge in [0, 0.05) is 5.56 Å². The number of aromatic hydroxyl groups is 1. The van der Waals surface area contributed by atoms with Crippen molar-refractivity contribution in [3.8, 4) is 5.75 Å². The highest BCUT2D eigenvalue weighted by Gasteiger charge is 2.41. The van der Waals surface area contributed by atoms with E-state index < -0.39 is 41.4 Å². The summed E-state index contributed by atoms with van der Waals surface area (Å²) in [4.78, 5) is 10.9. The lowest BCUT2D eigenvalue weighted by molar-refractivity contribution is -0.0717. The summed E-state index contributed by atoms with van der Waals surface area (Å²) in [6, 6.07) is 0.264. The first-order valence-corrected chi connectivity index (χ1v) is 5.02. The Kier molecular flexibility index (Phi) is 3.88. The highest BCUT2D eigenvalue weighted by Crippen LogP contribution is 2.37. The molecule has 0 unspecified atom stereocenters. The number of aliphatic hydroxyl groups excluding tert-OH is 1. The minimum atomic E-state index is -3.73. The predicted octanol–water partition coefficient (Wildman–Crippen LogP) is 1.03. The van der Waals surface area contributed by atoms with E-state index in [0.29, 0.717) is 0 Å². The number of nitrogens with two attached hydrogens (primary N) is 1. The summed E-state index contributed by atoms with van der Waals surface area (Å²) in [6.07, 6.45) is 0. The number of halogens is 2. The van der Waals surface area contributed by atoms with Crippen molar-refractivity contribution in [3.05, 3.63) is 28.8 Å². The van der Waals surface area contributed by atoms with E-state index in [0.717, 1.165) is 6.07 Å². The van der Waals surface area contributed by atoms with Gasteiger partial charge in [0.1, 0.15) is 18.4 Å². The molecule has 5 N–H and O–H groups in total. The van der Waals surface area contributed by atoms with Gasteiger partial charge in [-0.1, -0.05) is 6.07 Å². The van der Waals surface area contributed by atoms with Crippen molar-refractivity contribution in [2.24, 2.45) is 5.73 Å². The molecule has 1 rings (SSSR count). The van der Waals surface area contributed by atoms with Crippen LogP contribution in [0, 0.1) is 6.92 Å². The van der Waals surface area contributed by atoms with E-state index in [-0.39, 0.29) is 5.56 Å². The van der Waals surface area contributed by atoms with E-state index in [1.54, 1.807) is 0 Å². The van der Waals surface area contributed by atoms with E-state index >= 15 is 0 Å². The number of phenolic OH excluding ortho intramolecular Hbond substituents is 1. The lowest BCUT2D eigenvalue weighted by Gasteiger charge is -2.24. The minimum Gasteiger partial charge on any atom is -0.507 e. The van der Waals surface area contributed by atoms with Crippen LogP contribution in [0.2, 0.25) is 0 Å². The van der Waals surface area contributed by atoms with Crippen LogP contribution in [-0.2, 0) is 0 Å². The van der Waals surface area contributed by atoms with Crippen LogP contribution in [0.15, 0.2) is 12.1 Å². The summed E-state index contributed by atoms with van der Waals surface area (Å²) < 4.78 is 26.6. The Morgan fingerprint density at radius 3 is 2.50 bits per heavy atom. The van der Waals surface area contributed by atoms with Crippen LogP contribution in [0.1, 0.15) is 27.5 Å². The van der Waals surface area contributed by atoms with E-state index in [1.165, 1.54) is 13.0 Å². The first-order valence-electron chi connectivity index (χ1n) is 5.02. The average Bonchev–Trinajstić information content (AvgIpc) is 2.31. The van der Waals surface area contributed by atoms with Crippen LogP contribution in [-0.4, -0.2) is 33.8 Å². The Labute approximate surface area is 101 Å². The average molecular weight is 261 g/mol. The molecular formula is C11H13F2NO4. The molecule has 0 radical (unpaired) electrons. The summed E-state index contributed by atoms with van der Waals surface area (Å²) in [6.45, 7) is -0.116. The molecule has 0 aromatic heterocycles. The summed E-state index contributed by atoms with van der Waals surface area (Å²) in [5.74, 6) is -5.81. The van der Waals surface area contributed by atoms with Crippen molar-refractivity contribution in [1.29, 1.82) is 0 Å². The molecule has 0 saturated carbocycles. The highest BCUT2D eigenvalue weighted by atomic mass is 19.3. The largest absolute Gasteiger partial charge is 0.507 e. The molecule has 0 bridgehead atoms. The topological polar surface area (TPSA) is 104 Å². The van der Waals surface area contributed by atoms with E-state index in [9.17, 15) is 18.7 Å². The van der Waals surface area contributed by atoms with E-state index in [2.05, 4.69) is 0 Å². The number of hydrogen-bond acceptors (Lipinski definition) is 4. The molecule has 100 valence electrons. The molecule has 0 aliphatic heterocycles. The summed E-state index contributed by atoms with van der Waals surface area (Å²) >= 11 is 0. The third-order valence-corrected chi connectivity index (χ3v) is 2.63. The normalized spacial score (nSPS) is 13.4. The number of hydrogen-bond donors (Lipinski definition) is 4. The number of aromatic carboxylic acids is 1. The first-order chi connectivity index (χ1) is 8.22. The van der Waals surface area contributed by atoms with Gasteiger partial charge in [0.05, 0.1) is 5.56 Å². The first kappa shape index (κ1) is 14.3. The molecular weight excluding hydrogens is 248 g/mol. The smallest absolute Gasteiger partial charge is 0.336 e. The van der Waals surface area contributed by atoms with Crippen molar-refractivity contribution in [2.45, 2.75) is 18.9 Å². The van der Waals surface area contributed by atoms with Crippen LogP contribution < -0.4 is 5.73 Å². The van der Waals surface area contributed by atoms with Crippen LogP contribution in [0.5, 0.6) is 5.75 Å². The molecule has 7 heteroatoms. The fourth-order valence-corrected chi connectivity index (χ4v) is 1.53. The Bertz CT molecular complexity index is 476. The minimum absolute atomic E-state index is 0.221. The maximum Gasteiger partial charge on any atom is 0.336 e. The van der Waals surface area contributed by atoms with Gasteiger partial charge < -0.3 is 21.1 Å². The molecule has 1 atom stereocenters. The van der Waals surface area contributed by atoms with Crippen molar-refractivity contribution < 1.29 is 28.9 Å². The monoisotopic (exact) mass is 261 g/mol. The Morgan fingerprint density at radius 2 is 2.06 bits per heavy atom. The van der Waals surface area contributed by atoms with Crippen LogP contribution in [0.3, 0.4) is 0 Å². The van der Waals surface area contributed by atoms with Gasteiger partial charge in [0.25, 0.3) is 5.92 Å². The number of phenols is 1. The van der Waals surface area contributed by atoms with Crippen LogP contribution in [0.4, 0.5) is 8.78 Å². The molecule has 0 aliphatic rings. The van der Waals surface area contributed by atoms with Crippen molar-refractivity contribution in [1.82, 2.24) is 0 Å². The highest BCUT2D eigenvalue weighted by molar-refractivity contribution is 5.90. The van der Waals surface area contributed by atoms with Gasteiger partial charge in [-0.15, -0.1) is 0 Å². The van der Waals surface area contributed by atoms with Gasteiger partial charge >= 0.3 is 5.97 Å². The lowest BCUT2D eigenvalue weighted by atomic mass is 9.93. The number of alkyl halides is 2. The zero-order chi connectivity index (χ0) is 14.1. The quantitative estimate of drug-likeness (QED) is 0.648. The van der Waals surface area contributed by atoms with Crippen LogP contribution in [0.25, 0.3) is 0 Å². The third-order valence-electron chi connectivity index (χ3n) is 2.63. The Hall–Kier alpha value is -1.73. The third kappa shape index (κ3) is 2.41. The number of carboxylic acid groups (broad SMARTS) is 1. The summed E-state index contributed by atoms with van der Waals surface area (Å²) in [5.41, 5.74) is 4.38. The van der Waals surface area contributed by atoms with Gasteiger partial charge in [0.2, 0.25) is 0 Å². The number of aryl methyl sites for hydroxylation is 1. The molecule has 0 saturated heterocycles. The van der Waals surface area contributed by atoms with Crippen molar-refractivity contribution >= 4 is 5.97 Å². The zero-order valence-corrected chi connectivity index (χ0v) is 9.52. The molecule has 1 aromatic rings. The second kappa shape index (κ2) is 4.87. The zero-order valence-electron chi connectivity index (χ0n) is 9.52. The molecule has 0 heterocycles. The van der Waals surface area contributed by atoms with Gasteiger partial charge in [-0.25, -0.2) is 13.6 Å². The summed E-state index contributed by atoms with van der Waals surface area (Å²) in [5, 5.41) is 27.1. The number of aliphatic hydroxyl groups is 1. The fourth-order valence-electron chi connectivity index (χ4n) is 1.53. The molecule has 5 nitrogen and oxygen atoms in total. The second-order valence-corrected chi connectivity index (χ2v) is 3.89. The number of rotatable bonds is 4. The fraction of sp³-hybridized carbons (Fsp3) is 0.364. The Balaban J connectivity index is 3.46. The van der Waals surface area contributed by atoms with E-state index in [4.69, 9.17) is 15.9 Å². The molecule has 0 spiro atoms. The maximum absolute atomic E-state index is 13.3. The molecule has 0 amide bonds. The van der Waals surface area contributed by atoms with Gasteiger partial charge in [-0.3, -0.25) is 0 Å². The van der Waals surface area contributed by atoms with E-state index in [1.807, 2.05) is 0 Å². The van der Waals surface area contributed by atoms with Gasteiger partial charge in [-0.2, -0.15) is 0 Å². The van der Waals surface area contributed by atoms with Crippen molar-refractivity contribution in [3.63, 3.8) is 0 Å². The standard InChI is InChI=1S/C11H13F2NO4/c1-5-2-3-6(10(17)18)7(8(5)16)9(14)11(12,13)4-15/h2-3,9,15-16H,4,14H2,1H3,(H,17,18)/t9-/m0/s1. The van der Waals surface area contributed by atoms with Crippen LogP contribution >= 0.6 is 0 Å². The number of benzene rings is 1. The lowest BCUT2D eigenvalue weighted by Crippen LogP contribution is -2.37. The molecule has 0 fully saturated rings. The number of carboxylic acids is 1. The molecule has 1 aromatic carbocycles. The summed E-state index contributed by atoms with van der Waals surface area (Å²) in [7, 11) is 0. The second-order valence-electron chi connectivity index (χ2n) is 3.89. The SMILES string of the molecule is Cc1ccc(C(=O)O)c([C@H](N)C(F)(F)CO)c1O.